The first-order chi connectivity index (χ1) is 16.2. The molecule has 2 heterocycles. The number of urea groups is 1. The molecule has 7 heteroatoms. The second-order valence-electron chi connectivity index (χ2n) is 9.37. The van der Waals surface area contributed by atoms with E-state index in [4.69, 9.17) is 0 Å². The van der Waals surface area contributed by atoms with Crippen LogP contribution in [0, 0.1) is 12.7 Å². The lowest BCUT2D eigenvalue weighted by Gasteiger charge is -2.33. The Hall–Kier alpha value is -3.32. The number of anilines is 2. The highest BCUT2D eigenvalue weighted by molar-refractivity contribution is 8.02. The predicted molar refractivity (Wildman–Crippen MR) is 134 cm³/mol. The highest BCUT2D eigenvalue weighted by Crippen LogP contribution is 2.59. The summed E-state index contributed by atoms with van der Waals surface area (Å²) in [5, 5.41) is 2.80. The minimum absolute atomic E-state index is 0.137. The molecular formula is C27H26FN3O2S. The Bertz CT molecular complexity index is 1290. The van der Waals surface area contributed by atoms with Gasteiger partial charge in [-0.1, -0.05) is 48.5 Å². The van der Waals surface area contributed by atoms with Gasteiger partial charge in [-0.2, -0.15) is 0 Å². The number of fused-ring (bicyclic) bond motifs is 2. The number of carbonyl (C=O) groups is 2. The fourth-order valence-electron chi connectivity index (χ4n) is 4.83. The maximum absolute atomic E-state index is 14.2. The van der Waals surface area contributed by atoms with Crippen molar-refractivity contribution in [3.8, 4) is 0 Å². The van der Waals surface area contributed by atoms with Gasteiger partial charge in [0.2, 0.25) is 0 Å². The van der Waals surface area contributed by atoms with Crippen molar-refractivity contribution in [2.75, 3.05) is 16.8 Å². The fraction of sp³-hybridized carbons (Fsp3) is 0.259. The number of nitrogens with one attached hydrogen (secondary N) is 1. The molecule has 174 valence electrons. The molecule has 0 bridgehead atoms. The van der Waals surface area contributed by atoms with Crippen molar-refractivity contribution in [2.24, 2.45) is 0 Å². The molecule has 34 heavy (non-hydrogen) atoms. The molecule has 2 aliphatic heterocycles. The van der Waals surface area contributed by atoms with Gasteiger partial charge >= 0.3 is 6.03 Å². The molecule has 3 aromatic rings. The number of amides is 3. The van der Waals surface area contributed by atoms with E-state index in [2.05, 4.69) is 5.32 Å². The molecule has 1 fully saturated rings. The number of carbonyl (C=O) groups excluding carboxylic acids is 2. The van der Waals surface area contributed by atoms with E-state index in [-0.39, 0.29) is 10.7 Å². The number of benzene rings is 3. The van der Waals surface area contributed by atoms with E-state index in [1.165, 1.54) is 23.9 Å². The third kappa shape index (κ3) is 3.64. The van der Waals surface area contributed by atoms with Gasteiger partial charge in [-0.25, -0.2) is 9.18 Å². The molecule has 1 N–H and O–H groups in total. The summed E-state index contributed by atoms with van der Waals surface area (Å²) in [6.07, 6.45) is 0. The van der Waals surface area contributed by atoms with E-state index >= 15 is 0 Å². The van der Waals surface area contributed by atoms with Gasteiger partial charge in [0, 0.05) is 22.5 Å². The van der Waals surface area contributed by atoms with E-state index in [0.717, 1.165) is 22.4 Å². The Kier molecular flexibility index (Phi) is 5.40. The molecule has 2 aliphatic rings. The number of thioether (sulfide) groups is 1. The van der Waals surface area contributed by atoms with E-state index in [0.29, 0.717) is 18.8 Å². The highest BCUT2D eigenvalue weighted by Gasteiger charge is 2.63. The summed E-state index contributed by atoms with van der Waals surface area (Å²) in [6, 6.07) is 21.0. The van der Waals surface area contributed by atoms with Crippen LogP contribution in [-0.4, -0.2) is 28.1 Å². The topological polar surface area (TPSA) is 52.7 Å². The smallest absolute Gasteiger partial charge is 0.308 e. The summed E-state index contributed by atoms with van der Waals surface area (Å²) >= 11 is 1.50. The van der Waals surface area contributed by atoms with Crippen LogP contribution in [0.15, 0.2) is 72.8 Å². The monoisotopic (exact) mass is 475 g/mol. The Morgan fingerprint density at radius 2 is 1.79 bits per heavy atom. The first kappa shape index (κ1) is 22.5. The van der Waals surface area contributed by atoms with E-state index in [9.17, 15) is 14.0 Å². The molecule has 1 spiro atoms. The van der Waals surface area contributed by atoms with Gasteiger partial charge in [-0.3, -0.25) is 9.69 Å². The first-order valence-electron chi connectivity index (χ1n) is 11.2. The Balaban J connectivity index is 1.57. The lowest BCUT2D eigenvalue weighted by atomic mass is 10.1. The predicted octanol–water partition coefficient (Wildman–Crippen LogP) is 5.89. The van der Waals surface area contributed by atoms with Crippen molar-refractivity contribution in [3.05, 3.63) is 95.3 Å². The van der Waals surface area contributed by atoms with Crippen molar-refractivity contribution in [1.29, 1.82) is 0 Å². The van der Waals surface area contributed by atoms with Gasteiger partial charge in [0.25, 0.3) is 5.91 Å². The number of nitrogens with zero attached hydrogens (tertiary/aromatic N) is 2. The van der Waals surface area contributed by atoms with Crippen LogP contribution in [0.4, 0.5) is 20.6 Å². The molecule has 3 amide bonds. The lowest BCUT2D eigenvalue weighted by molar-refractivity contribution is -0.123. The molecule has 0 aliphatic carbocycles. The second-order valence-corrected chi connectivity index (χ2v) is 11.3. The molecule has 0 saturated carbocycles. The van der Waals surface area contributed by atoms with Crippen LogP contribution in [0.2, 0.25) is 0 Å². The fourth-order valence-corrected chi connectivity index (χ4v) is 6.56. The Morgan fingerprint density at radius 1 is 1.06 bits per heavy atom. The van der Waals surface area contributed by atoms with Crippen molar-refractivity contribution < 1.29 is 14.0 Å². The number of halogens is 1. The number of rotatable bonds is 3. The second kappa shape index (κ2) is 8.17. The lowest BCUT2D eigenvalue weighted by Crippen LogP contribution is -2.51. The molecule has 5 rings (SSSR count). The van der Waals surface area contributed by atoms with Crippen molar-refractivity contribution in [1.82, 2.24) is 4.90 Å². The summed E-state index contributed by atoms with van der Waals surface area (Å²) in [5.41, 5.74) is 4.13. The minimum Gasteiger partial charge on any atom is -0.308 e. The van der Waals surface area contributed by atoms with Gasteiger partial charge in [0.05, 0.1) is 12.2 Å². The number of hydrogen-bond donors (Lipinski definition) is 1. The van der Waals surface area contributed by atoms with Crippen LogP contribution in [-0.2, 0) is 16.2 Å². The number of para-hydroxylation sites is 1. The quantitative estimate of drug-likeness (QED) is 0.514. The molecule has 1 atom stereocenters. The molecule has 5 nitrogen and oxygen atoms in total. The van der Waals surface area contributed by atoms with Crippen LogP contribution >= 0.6 is 11.8 Å². The maximum Gasteiger partial charge on any atom is 0.323 e. The van der Waals surface area contributed by atoms with E-state index in [1.807, 2.05) is 69.3 Å². The minimum atomic E-state index is -1.19. The summed E-state index contributed by atoms with van der Waals surface area (Å²) in [6.45, 7) is 6.90. The Morgan fingerprint density at radius 3 is 2.56 bits per heavy atom. The molecule has 0 radical (unpaired) electrons. The van der Waals surface area contributed by atoms with Crippen LogP contribution in [0.25, 0.3) is 0 Å². The van der Waals surface area contributed by atoms with Gasteiger partial charge in [-0.05, 0) is 56.2 Å². The first-order valence-corrected chi connectivity index (χ1v) is 12.0. The van der Waals surface area contributed by atoms with Gasteiger partial charge in [-0.15, -0.1) is 11.8 Å². The van der Waals surface area contributed by atoms with Crippen molar-refractivity contribution in [2.45, 2.75) is 36.9 Å². The van der Waals surface area contributed by atoms with Gasteiger partial charge < -0.3 is 10.2 Å². The summed E-state index contributed by atoms with van der Waals surface area (Å²) in [4.78, 5) is 30.0. The van der Waals surface area contributed by atoms with Crippen molar-refractivity contribution >= 4 is 35.1 Å². The van der Waals surface area contributed by atoms with Gasteiger partial charge in [0.15, 0.2) is 4.87 Å². The largest absolute Gasteiger partial charge is 0.323 e. The zero-order valence-electron chi connectivity index (χ0n) is 19.3. The Labute approximate surface area is 202 Å². The summed E-state index contributed by atoms with van der Waals surface area (Å²) < 4.78 is 13.4. The third-order valence-corrected chi connectivity index (χ3v) is 7.94. The normalized spacial score (nSPS) is 20.6. The van der Waals surface area contributed by atoms with Crippen LogP contribution in [0.3, 0.4) is 0 Å². The van der Waals surface area contributed by atoms with Crippen LogP contribution in [0.5, 0.6) is 0 Å². The summed E-state index contributed by atoms with van der Waals surface area (Å²) in [5.74, 6) is -0.572. The number of hydrogen-bond acceptors (Lipinski definition) is 3. The SMILES string of the molecule is Cc1ccccc1CN1C(=O)C2(SC(C)(C)CN2C(=O)Nc2cccc(F)c2)c2ccccc21. The third-order valence-electron chi connectivity index (χ3n) is 6.35. The molecule has 3 aromatic carbocycles. The summed E-state index contributed by atoms with van der Waals surface area (Å²) in [7, 11) is 0. The maximum atomic E-state index is 14.2. The average Bonchev–Trinajstić information content (AvgIpc) is 3.22. The van der Waals surface area contributed by atoms with Crippen LogP contribution < -0.4 is 10.2 Å². The standard InChI is InChI=1S/C27H26FN3O2S/c1-18-9-4-5-10-19(18)16-30-23-14-7-6-13-22(23)27(24(30)32)31(17-26(2,3)34-27)25(33)29-21-12-8-11-20(28)15-21/h4-15H,16-17H2,1-3H3,(H,29,33). The van der Waals surface area contributed by atoms with Gasteiger partial charge in [0.1, 0.15) is 5.82 Å². The molecular weight excluding hydrogens is 449 g/mol. The highest BCUT2D eigenvalue weighted by atomic mass is 32.2. The number of aryl methyl sites for hydroxylation is 1. The zero-order valence-corrected chi connectivity index (χ0v) is 20.2. The molecule has 1 unspecified atom stereocenters. The molecule has 1 saturated heterocycles. The molecule has 0 aromatic heterocycles. The average molecular weight is 476 g/mol. The van der Waals surface area contributed by atoms with Crippen molar-refractivity contribution in [3.63, 3.8) is 0 Å². The zero-order chi connectivity index (χ0) is 24.1. The van der Waals surface area contributed by atoms with E-state index < -0.39 is 16.7 Å². The van der Waals surface area contributed by atoms with Crippen LogP contribution in [0.1, 0.15) is 30.5 Å². The van der Waals surface area contributed by atoms with E-state index in [1.54, 1.807) is 21.9 Å².